The van der Waals surface area contributed by atoms with E-state index in [9.17, 15) is 9.59 Å². The van der Waals surface area contributed by atoms with Crippen molar-refractivity contribution in [3.63, 3.8) is 0 Å². The first-order valence-corrected chi connectivity index (χ1v) is 11.9. The molecule has 4 rings (SSSR count). The molecule has 1 atom stereocenters. The molecular weight excluding hydrogens is 472 g/mol. The van der Waals surface area contributed by atoms with Crippen LogP contribution in [0.25, 0.3) is 21.1 Å². The van der Waals surface area contributed by atoms with Crippen molar-refractivity contribution in [2.75, 3.05) is 30.5 Å². The van der Waals surface area contributed by atoms with E-state index in [1.54, 1.807) is 0 Å². The maximum Gasteiger partial charge on any atom is 0.320 e. The van der Waals surface area contributed by atoms with Crippen LogP contribution in [-0.2, 0) is 9.53 Å². The number of thiazole rings is 2. The molecule has 0 saturated heterocycles. The van der Waals surface area contributed by atoms with Crippen molar-refractivity contribution in [3.8, 4) is 21.1 Å². The number of benzene rings is 2. The lowest BCUT2D eigenvalue weighted by molar-refractivity contribution is -0.126. The number of anilines is 3. The molecular formula is C23H22N6O3S2. The molecule has 1 unspecified atom stereocenters. The van der Waals surface area contributed by atoms with Crippen molar-refractivity contribution < 1.29 is 14.3 Å². The fourth-order valence-corrected chi connectivity index (χ4v) is 5.00. The first kappa shape index (κ1) is 23.4. The number of ether oxygens (including phenoxy) is 1. The molecule has 4 aromatic rings. The van der Waals surface area contributed by atoms with Gasteiger partial charge in [-0.05, 0) is 17.7 Å². The van der Waals surface area contributed by atoms with Gasteiger partial charge in [-0.2, -0.15) is 0 Å². The maximum absolute atomic E-state index is 12.8. The Balaban J connectivity index is 1.52. The van der Waals surface area contributed by atoms with Crippen LogP contribution >= 0.6 is 22.7 Å². The first-order valence-electron chi connectivity index (χ1n) is 10.2. The maximum atomic E-state index is 12.8. The van der Waals surface area contributed by atoms with Crippen molar-refractivity contribution in [1.29, 1.82) is 0 Å². The van der Waals surface area contributed by atoms with E-state index in [-0.39, 0.29) is 11.9 Å². The summed E-state index contributed by atoms with van der Waals surface area (Å²) in [4.78, 5) is 33.9. The van der Waals surface area contributed by atoms with Crippen LogP contribution in [0.4, 0.5) is 21.4 Å². The molecule has 2 heterocycles. The topological polar surface area (TPSA) is 131 Å². The van der Waals surface area contributed by atoms with Crippen LogP contribution in [0.1, 0.15) is 11.7 Å². The second-order valence-electron chi connectivity index (χ2n) is 7.07. The van der Waals surface area contributed by atoms with E-state index in [1.165, 1.54) is 36.8 Å². The summed E-state index contributed by atoms with van der Waals surface area (Å²) in [6.07, 6.45) is -0.720. The molecule has 0 fully saturated rings. The largest absolute Gasteiger partial charge is 0.382 e. The van der Waals surface area contributed by atoms with Crippen molar-refractivity contribution in [2.45, 2.75) is 6.10 Å². The fraction of sp³-hybridized carbons (Fsp3) is 0.130. The number of amides is 3. The third-order valence-electron chi connectivity index (χ3n) is 4.80. The second kappa shape index (κ2) is 10.4. The zero-order valence-electron chi connectivity index (χ0n) is 18.4. The number of urea groups is 1. The number of hydrogen-bond donors (Lipinski definition) is 4. The summed E-state index contributed by atoms with van der Waals surface area (Å²) < 4.78 is 5.41. The number of aromatic nitrogens is 2. The van der Waals surface area contributed by atoms with Crippen LogP contribution < -0.4 is 21.7 Å². The Labute approximate surface area is 204 Å². The third-order valence-corrected chi connectivity index (χ3v) is 6.78. The monoisotopic (exact) mass is 494 g/mol. The van der Waals surface area contributed by atoms with Crippen LogP contribution in [0.2, 0.25) is 0 Å². The second-order valence-corrected chi connectivity index (χ2v) is 8.93. The molecule has 3 amide bonds. The summed E-state index contributed by atoms with van der Waals surface area (Å²) in [6.45, 7) is 0. The van der Waals surface area contributed by atoms with Gasteiger partial charge in [-0.25, -0.2) is 14.8 Å². The van der Waals surface area contributed by atoms with Crippen LogP contribution in [0.3, 0.4) is 0 Å². The number of hydrogen-bond acceptors (Lipinski definition) is 8. The average molecular weight is 495 g/mol. The highest BCUT2D eigenvalue weighted by atomic mass is 32.1. The molecule has 2 aromatic heterocycles. The standard InChI is InChI=1S/C23H22N6O3S2/c1-25-22(31)29-23-28-19(24)18(34-23)21-27-16(12-33-21)14-9-6-10-15(11-14)26-20(30)17(32-2)13-7-4-3-5-8-13/h3-12,17H,24H2,1-2H3,(H,26,30)(H2,25,28,29,31). The van der Waals surface area contributed by atoms with Gasteiger partial charge >= 0.3 is 6.03 Å². The minimum absolute atomic E-state index is 0.265. The van der Waals surface area contributed by atoms with Gasteiger partial charge in [-0.3, -0.25) is 10.1 Å². The molecule has 0 aliphatic carbocycles. The molecule has 0 saturated carbocycles. The summed E-state index contributed by atoms with van der Waals surface area (Å²) in [5.74, 6) is 0.0308. The molecule has 2 aromatic carbocycles. The minimum Gasteiger partial charge on any atom is -0.382 e. The van der Waals surface area contributed by atoms with E-state index in [2.05, 4.69) is 25.9 Å². The fourth-order valence-electron chi connectivity index (χ4n) is 3.20. The van der Waals surface area contributed by atoms with Crippen molar-refractivity contribution >= 4 is 51.2 Å². The Morgan fingerprint density at radius 1 is 1.06 bits per heavy atom. The summed E-state index contributed by atoms with van der Waals surface area (Å²) >= 11 is 2.67. The van der Waals surface area contributed by atoms with Gasteiger partial charge in [-0.15, -0.1) is 11.3 Å². The zero-order valence-corrected chi connectivity index (χ0v) is 20.0. The predicted octanol–water partition coefficient (Wildman–Crippen LogP) is 4.59. The van der Waals surface area contributed by atoms with Gasteiger partial charge in [-0.1, -0.05) is 53.8 Å². The molecule has 0 radical (unpaired) electrons. The number of nitrogens with zero attached hydrogens (tertiary/aromatic N) is 2. The Kier molecular flexibility index (Phi) is 7.16. The molecule has 5 N–H and O–H groups in total. The minimum atomic E-state index is -0.720. The number of carbonyl (C=O) groups excluding carboxylic acids is 2. The number of rotatable bonds is 7. The molecule has 0 aliphatic heterocycles. The normalized spacial score (nSPS) is 11.6. The number of nitrogen functional groups attached to an aromatic ring is 1. The van der Waals surface area contributed by atoms with Gasteiger partial charge in [0.1, 0.15) is 15.7 Å². The molecule has 0 spiro atoms. The molecule has 34 heavy (non-hydrogen) atoms. The molecule has 11 heteroatoms. The third kappa shape index (κ3) is 5.22. The summed E-state index contributed by atoms with van der Waals surface area (Å²) in [5, 5.41) is 11.0. The van der Waals surface area contributed by atoms with Crippen LogP contribution in [0.5, 0.6) is 0 Å². The Hall–Kier alpha value is -3.80. The average Bonchev–Trinajstić information content (AvgIpc) is 3.47. The SMILES string of the molecule is CNC(=O)Nc1nc(N)c(-c2nc(-c3cccc(NC(=O)C(OC)c4ccccc4)c3)cs2)s1. The first-order chi connectivity index (χ1) is 16.5. The molecule has 174 valence electrons. The Morgan fingerprint density at radius 3 is 2.59 bits per heavy atom. The smallest absolute Gasteiger partial charge is 0.320 e. The highest BCUT2D eigenvalue weighted by Gasteiger charge is 2.20. The van der Waals surface area contributed by atoms with Crippen LogP contribution in [0.15, 0.2) is 60.0 Å². The Bertz CT molecular complexity index is 1310. The summed E-state index contributed by atoms with van der Waals surface area (Å²) in [5.41, 5.74) is 9.01. The van der Waals surface area contributed by atoms with Gasteiger partial charge in [0.2, 0.25) is 0 Å². The molecule has 0 aliphatic rings. The van der Waals surface area contributed by atoms with Crippen LogP contribution in [-0.4, -0.2) is 36.1 Å². The lowest BCUT2D eigenvalue weighted by Gasteiger charge is -2.16. The molecule has 0 bridgehead atoms. The van der Waals surface area contributed by atoms with Gasteiger partial charge in [0.25, 0.3) is 5.91 Å². The van der Waals surface area contributed by atoms with Gasteiger partial charge in [0, 0.05) is 30.8 Å². The summed E-state index contributed by atoms with van der Waals surface area (Å²) in [6, 6.07) is 16.4. The number of nitrogens with two attached hydrogens (primary N) is 1. The zero-order chi connectivity index (χ0) is 24.1. The predicted molar refractivity (Wildman–Crippen MR) is 136 cm³/mol. The van der Waals surface area contributed by atoms with E-state index >= 15 is 0 Å². The van der Waals surface area contributed by atoms with E-state index < -0.39 is 6.10 Å². The lowest BCUT2D eigenvalue weighted by atomic mass is 10.1. The van der Waals surface area contributed by atoms with Crippen molar-refractivity contribution in [1.82, 2.24) is 15.3 Å². The van der Waals surface area contributed by atoms with E-state index in [0.717, 1.165) is 16.8 Å². The van der Waals surface area contributed by atoms with E-state index in [1.807, 2.05) is 60.0 Å². The highest BCUT2D eigenvalue weighted by Crippen LogP contribution is 2.38. The summed E-state index contributed by atoms with van der Waals surface area (Å²) in [7, 11) is 3.03. The van der Waals surface area contributed by atoms with E-state index in [4.69, 9.17) is 10.5 Å². The van der Waals surface area contributed by atoms with Gasteiger partial charge < -0.3 is 21.1 Å². The number of methoxy groups -OCH3 is 1. The van der Waals surface area contributed by atoms with Gasteiger partial charge in [0.15, 0.2) is 11.2 Å². The van der Waals surface area contributed by atoms with E-state index in [0.29, 0.717) is 26.5 Å². The van der Waals surface area contributed by atoms with Gasteiger partial charge in [0.05, 0.1) is 5.69 Å². The molecule has 9 nitrogen and oxygen atoms in total. The quantitative estimate of drug-likeness (QED) is 0.297. The van der Waals surface area contributed by atoms with Crippen molar-refractivity contribution in [3.05, 3.63) is 65.5 Å². The van der Waals surface area contributed by atoms with Crippen molar-refractivity contribution in [2.24, 2.45) is 0 Å². The Morgan fingerprint density at radius 2 is 1.85 bits per heavy atom. The lowest BCUT2D eigenvalue weighted by Crippen LogP contribution is -2.24. The van der Waals surface area contributed by atoms with Crippen LogP contribution in [0, 0.1) is 0 Å². The number of carbonyl (C=O) groups is 2. The number of nitrogens with one attached hydrogen (secondary N) is 3. The highest BCUT2D eigenvalue weighted by molar-refractivity contribution is 7.23.